The minimum atomic E-state index is -0.208. The van der Waals surface area contributed by atoms with Gasteiger partial charge in [0.15, 0.2) is 5.82 Å². The van der Waals surface area contributed by atoms with Crippen molar-refractivity contribution in [3.63, 3.8) is 0 Å². The summed E-state index contributed by atoms with van der Waals surface area (Å²) in [4.78, 5) is 10.5. The molecule has 3 nitrogen and oxygen atoms in total. The number of rotatable bonds is 4. The van der Waals surface area contributed by atoms with E-state index in [1.54, 1.807) is 6.26 Å². The fourth-order valence-electron chi connectivity index (χ4n) is 7.45. The fourth-order valence-corrected chi connectivity index (χ4v) is 7.45. The molecule has 0 fully saturated rings. The zero-order valence-corrected chi connectivity index (χ0v) is 25.7. The van der Waals surface area contributed by atoms with E-state index in [-0.39, 0.29) is 5.41 Å². The molecule has 0 bridgehead atoms. The number of nitrogens with zero attached hydrogens (tertiary/aromatic N) is 2. The number of hydrogen-bond acceptors (Lipinski definition) is 3. The van der Waals surface area contributed by atoms with Crippen molar-refractivity contribution in [3.05, 3.63) is 151 Å². The summed E-state index contributed by atoms with van der Waals surface area (Å²) in [6.45, 7) is 8.65. The Hall–Kier alpha value is -5.80. The first-order valence-electron chi connectivity index (χ1n) is 15.7. The van der Waals surface area contributed by atoms with Crippen LogP contribution in [-0.4, -0.2) is 9.97 Å². The summed E-state index contributed by atoms with van der Waals surface area (Å²) in [5.74, 6) is 0.719. The molecule has 8 aromatic rings. The van der Waals surface area contributed by atoms with Gasteiger partial charge in [0.25, 0.3) is 0 Å². The van der Waals surface area contributed by atoms with Crippen LogP contribution in [0.25, 0.3) is 83.6 Å². The standard InChI is InChI=1S/C43H30N2O/c1-4-26-25-46-38-24-36-33-19-11-18-31(39(33)43(2,3)37(36)23-35(26)38)29-15-10-16-30(22-29)42-44-40(28-13-6-5-7-14-28)34-21-20-27-12-8-9-17-32(27)41(34)45-42/h4-25H,1H2,2-3H3. The van der Waals surface area contributed by atoms with E-state index in [2.05, 4.69) is 136 Å². The van der Waals surface area contributed by atoms with Crippen LogP contribution in [0, 0.1) is 0 Å². The zero-order chi connectivity index (χ0) is 31.0. The summed E-state index contributed by atoms with van der Waals surface area (Å²) in [6.07, 6.45) is 3.66. The largest absolute Gasteiger partial charge is 0.464 e. The molecule has 0 atom stereocenters. The van der Waals surface area contributed by atoms with Crippen molar-refractivity contribution in [2.24, 2.45) is 0 Å². The van der Waals surface area contributed by atoms with Crippen LogP contribution in [0.2, 0.25) is 0 Å². The molecule has 6 aromatic carbocycles. The van der Waals surface area contributed by atoms with Gasteiger partial charge in [-0.3, -0.25) is 0 Å². The van der Waals surface area contributed by atoms with Crippen LogP contribution in [0.5, 0.6) is 0 Å². The van der Waals surface area contributed by atoms with Crippen molar-refractivity contribution in [2.75, 3.05) is 0 Å². The molecule has 0 spiro atoms. The van der Waals surface area contributed by atoms with Crippen molar-refractivity contribution in [1.82, 2.24) is 9.97 Å². The van der Waals surface area contributed by atoms with Gasteiger partial charge in [0.2, 0.25) is 0 Å². The average Bonchev–Trinajstić information content (AvgIpc) is 3.62. The van der Waals surface area contributed by atoms with E-state index in [4.69, 9.17) is 14.4 Å². The quantitative estimate of drug-likeness (QED) is 0.191. The summed E-state index contributed by atoms with van der Waals surface area (Å²) >= 11 is 0. The van der Waals surface area contributed by atoms with Crippen LogP contribution in [0.1, 0.15) is 30.5 Å². The Kier molecular flexibility index (Phi) is 5.69. The summed E-state index contributed by atoms with van der Waals surface area (Å²) in [6, 6.07) is 43.0. The number of hydrogen-bond donors (Lipinski definition) is 0. The number of aromatic nitrogens is 2. The van der Waals surface area contributed by atoms with Gasteiger partial charge in [-0.2, -0.15) is 0 Å². The van der Waals surface area contributed by atoms with Crippen LogP contribution in [-0.2, 0) is 5.41 Å². The molecule has 0 radical (unpaired) electrons. The molecule has 2 aromatic heterocycles. The Morgan fingerprint density at radius 3 is 2.26 bits per heavy atom. The van der Waals surface area contributed by atoms with Crippen LogP contribution < -0.4 is 0 Å². The Morgan fingerprint density at radius 2 is 1.39 bits per heavy atom. The highest BCUT2D eigenvalue weighted by atomic mass is 16.3. The molecular weight excluding hydrogens is 560 g/mol. The molecular formula is C43H30N2O. The summed E-state index contributed by atoms with van der Waals surface area (Å²) in [5.41, 5.74) is 13.2. The number of fused-ring (bicyclic) bond motifs is 7. The second-order valence-corrected chi connectivity index (χ2v) is 12.7. The number of furan rings is 1. The van der Waals surface area contributed by atoms with E-state index in [9.17, 15) is 0 Å². The smallest absolute Gasteiger partial charge is 0.160 e. The first-order chi connectivity index (χ1) is 22.5. The lowest BCUT2D eigenvalue weighted by Gasteiger charge is -2.24. The predicted molar refractivity (Wildman–Crippen MR) is 191 cm³/mol. The van der Waals surface area contributed by atoms with Gasteiger partial charge in [-0.25, -0.2) is 9.97 Å². The van der Waals surface area contributed by atoms with Gasteiger partial charge in [0.05, 0.1) is 17.5 Å². The predicted octanol–water partition coefficient (Wildman–Crippen LogP) is 11.5. The van der Waals surface area contributed by atoms with Crippen molar-refractivity contribution in [1.29, 1.82) is 0 Å². The van der Waals surface area contributed by atoms with Gasteiger partial charge >= 0.3 is 0 Å². The molecule has 0 unspecified atom stereocenters. The normalized spacial score (nSPS) is 13.3. The molecule has 46 heavy (non-hydrogen) atoms. The monoisotopic (exact) mass is 590 g/mol. The number of benzene rings is 6. The second kappa shape index (κ2) is 9.85. The minimum absolute atomic E-state index is 0.208. The van der Waals surface area contributed by atoms with Gasteiger partial charge in [-0.15, -0.1) is 0 Å². The van der Waals surface area contributed by atoms with Crippen LogP contribution in [0.3, 0.4) is 0 Å². The minimum Gasteiger partial charge on any atom is -0.464 e. The van der Waals surface area contributed by atoms with E-state index in [0.29, 0.717) is 0 Å². The average molecular weight is 591 g/mol. The van der Waals surface area contributed by atoms with E-state index in [0.717, 1.165) is 61.0 Å². The van der Waals surface area contributed by atoms with Gasteiger partial charge in [-0.05, 0) is 63.0 Å². The molecule has 0 aliphatic heterocycles. The van der Waals surface area contributed by atoms with Gasteiger partial charge in [-0.1, -0.05) is 124 Å². The van der Waals surface area contributed by atoms with Gasteiger partial charge < -0.3 is 4.42 Å². The molecule has 218 valence electrons. The first kappa shape index (κ1) is 26.6. The highest BCUT2D eigenvalue weighted by Gasteiger charge is 2.38. The Labute approximate surface area is 267 Å². The van der Waals surface area contributed by atoms with Gasteiger partial charge in [0, 0.05) is 38.3 Å². The van der Waals surface area contributed by atoms with E-state index < -0.39 is 0 Å². The fraction of sp³-hybridized carbons (Fsp3) is 0.0698. The lowest BCUT2D eigenvalue weighted by Crippen LogP contribution is -2.16. The maximum Gasteiger partial charge on any atom is 0.160 e. The summed E-state index contributed by atoms with van der Waals surface area (Å²) < 4.78 is 5.94. The molecule has 0 saturated carbocycles. The Balaban J connectivity index is 1.24. The SMILES string of the molecule is C=Cc1coc2cc3c(cc12)C(C)(C)c1c(-c2cccc(-c4nc(-c5ccccc5)c5ccc6ccccc6c5n4)c2)cccc1-3. The van der Waals surface area contributed by atoms with E-state index >= 15 is 0 Å². The molecule has 2 heterocycles. The highest BCUT2D eigenvalue weighted by Crippen LogP contribution is 2.53. The second-order valence-electron chi connectivity index (χ2n) is 12.7. The lowest BCUT2D eigenvalue weighted by atomic mass is 9.78. The topological polar surface area (TPSA) is 38.9 Å². The molecule has 1 aliphatic carbocycles. The van der Waals surface area contributed by atoms with Crippen LogP contribution in [0.4, 0.5) is 0 Å². The first-order valence-corrected chi connectivity index (χ1v) is 15.7. The van der Waals surface area contributed by atoms with Gasteiger partial charge in [0.1, 0.15) is 5.58 Å². The lowest BCUT2D eigenvalue weighted by molar-refractivity contribution is 0.614. The highest BCUT2D eigenvalue weighted by molar-refractivity contribution is 6.09. The van der Waals surface area contributed by atoms with Crippen molar-refractivity contribution < 1.29 is 4.42 Å². The molecule has 0 N–H and O–H groups in total. The molecule has 1 aliphatic rings. The maximum atomic E-state index is 5.94. The van der Waals surface area contributed by atoms with Crippen LogP contribution >= 0.6 is 0 Å². The van der Waals surface area contributed by atoms with E-state index in [1.165, 1.54) is 33.2 Å². The molecule has 0 amide bonds. The Bertz CT molecular complexity index is 2520. The van der Waals surface area contributed by atoms with Crippen LogP contribution in [0.15, 0.2) is 139 Å². The Morgan fingerprint density at radius 1 is 0.630 bits per heavy atom. The van der Waals surface area contributed by atoms with Crippen molar-refractivity contribution in [3.8, 4) is 44.9 Å². The molecule has 0 saturated heterocycles. The third-order valence-electron chi connectivity index (χ3n) is 9.69. The molecule has 9 rings (SSSR count). The van der Waals surface area contributed by atoms with Crippen molar-refractivity contribution >= 4 is 38.7 Å². The third kappa shape index (κ3) is 3.85. The molecule has 3 heteroatoms. The van der Waals surface area contributed by atoms with E-state index in [1.807, 2.05) is 12.1 Å². The summed E-state index contributed by atoms with van der Waals surface area (Å²) in [5, 5.41) is 4.45. The third-order valence-corrected chi connectivity index (χ3v) is 9.69. The zero-order valence-electron chi connectivity index (χ0n) is 25.7. The summed E-state index contributed by atoms with van der Waals surface area (Å²) in [7, 11) is 0. The maximum absolute atomic E-state index is 5.94. The van der Waals surface area contributed by atoms with Crippen molar-refractivity contribution in [2.45, 2.75) is 19.3 Å².